The molecule has 17 nitrogen and oxygen atoms in total. The Balaban J connectivity index is 1.27. The van der Waals surface area contributed by atoms with Gasteiger partial charge in [-0.25, -0.2) is 32.0 Å². The smallest absolute Gasteiger partial charge is 0.408 e. The van der Waals surface area contributed by atoms with Gasteiger partial charge in [0, 0.05) is 31.9 Å². The van der Waals surface area contributed by atoms with Gasteiger partial charge < -0.3 is 34.6 Å². The summed E-state index contributed by atoms with van der Waals surface area (Å²) in [6.45, 7) is 9.83. The molecule has 8 atom stereocenters. The molecule has 1 aromatic carbocycles. The summed E-state index contributed by atoms with van der Waals surface area (Å²) < 4.78 is 73.7. The first-order chi connectivity index (χ1) is 29.1. The van der Waals surface area contributed by atoms with E-state index in [4.69, 9.17) is 24.2 Å². The average molecular weight is 890 g/mol. The van der Waals surface area contributed by atoms with Gasteiger partial charge in [0.2, 0.25) is 40.1 Å². The van der Waals surface area contributed by atoms with E-state index < -0.39 is 105 Å². The number of sulfonamides is 1. The Kier molecular flexibility index (Phi) is 12.1. The lowest BCUT2D eigenvalue weighted by Gasteiger charge is -2.36. The average Bonchev–Trinajstić information content (AvgIpc) is 4.06. The minimum atomic E-state index is -4.27. The third kappa shape index (κ3) is 8.71. The number of amides is 5. The van der Waals surface area contributed by atoms with Gasteiger partial charge in [0.1, 0.15) is 41.3 Å². The summed E-state index contributed by atoms with van der Waals surface area (Å²) in [7, 11) is -2.75. The lowest BCUT2D eigenvalue weighted by Crippen LogP contribution is -2.61. The van der Waals surface area contributed by atoms with Crippen LogP contribution in [0.3, 0.4) is 0 Å². The van der Waals surface area contributed by atoms with Crippen molar-refractivity contribution in [2.75, 3.05) is 20.2 Å². The van der Waals surface area contributed by atoms with Crippen LogP contribution in [0.1, 0.15) is 98.6 Å². The number of hydrogen-bond donors (Lipinski definition) is 3. The molecule has 2 saturated heterocycles. The summed E-state index contributed by atoms with van der Waals surface area (Å²) >= 11 is 0. The van der Waals surface area contributed by atoms with Crippen molar-refractivity contribution in [3.63, 3.8) is 0 Å². The third-order valence-electron chi connectivity index (χ3n) is 13.4. The number of carbonyl (C=O) groups excluding carboxylic acids is 5. The fourth-order valence-electron chi connectivity index (χ4n) is 9.05. The van der Waals surface area contributed by atoms with Crippen molar-refractivity contribution in [1.29, 1.82) is 0 Å². The van der Waals surface area contributed by atoms with Crippen molar-refractivity contribution in [2.24, 2.45) is 17.3 Å². The van der Waals surface area contributed by atoms with Crippen molar-refractivity contribution in [1.82, 2.24) is 35.1 Å². The van der Waals surface area contributed by atoms with Crippen molar-refractivity contribution < 1.29 is 55.4 Å². The first kappa shape index (κ1) is 45.2. The molecule has 340 valence electrons. The first-order valence-electron chi connectivity index (χ1n) is 21.3. The van der Waals surface area contributed by atoms with Gasteiger partial charge in [-0.2, -0.15) is 0 Å². The van der Waals surface area contributed by atoms with E-state index in [0.29, 0.717) is 61.1 Å². The van der Waals surface area contributed by atoms with Gasteiger partial charge in [-0.05, 0) is 63.0 Å². The van der Waals surface area contributed by atoms with Gasteiger partial charge in [-0.15, -0.1) is 0 Å². The molecular formula is C42H57F2N7O10S. The topological polar surface area (TPSA) is 216 Å². The highest BCUT2D eigenvalue weighted by molar-refractivity contribution is 7.91. The summed E-state index contributed by atoms with van der Waals surface area (Å²) in [5.41, 5.74) is -1.71. The molecule has 2 saturated carbocycles. The number of rotatable bonds is 7. The quantitative estimate of drug-likeness (QED) is 0.364. The summed E-state index contributed by atoms with van der Waals surface area (Å²) in [6, 6.07) is 2.07. The number of carbonyl (C=O) groups is 5. The highest BCUT2D eigenvalue weighted by Gasteiger charge is 2.67. The molecule has 3 aliphatic heterocycles. The number of aryl methyl sites for hydroxylation is 1. The number of nitrogens with one attached hydrogen (secondary N) is 3. The molecular weight excluding hydrogens is 833 g/mol. The van der Waals surface area contributed by atoms with Crippen molar-refractivity contribution in [3.05, 3.63) is 23.9 Å². The normalized spacial score (nSPS) is 30.2. The minimum absolute atomic E-state index is 0.151. The molecule has 1 aromatic heterocycles. The molecule has 2 bridgehead atoms. The van der Waals surface area contributed by atoms with Crippen LogP contribution in [-0.4, -0.2) is 125 Å². The number of fused-ring (bicyclic) bond motifs is 5. The Morgan fingerprint density at radius 3 is 2.39 bits per heavy atom. The van der Waals surface area contributed by atoms with Gasteiger partial charge in [0.15, 0.2) is 0 Å². The number of ether oxygens (including phenoxy) is 3. The van der Waals surface area contributed by atoms with E-state index in [1.54, 1.807) is 50.8 Å². The third-order valence-corrected chi connectivity index (χ3v) is 15.5. The second-order valence-corrected chi connectivity index (χ2v) is 21.0. The summed E-state index contributed by atoms with van der Waals surface area (Å²) in [5.74, 6) is -5.04. The number of halogens is 2. The molecule has 5 aliphatic rings. The fourth-order valence-corrected chi connectivity index (χ4v) is 10.4. The second kappa shape index (κ2) is 16.7. The molecule has 4 heterocycles. The van der Waals surface area contributed by atoms with Crippen LogP contribution >= 0.6 is 0 Å². The molecule has 3 N–H and O–H groups in total. The Hall–Kier alpha value is -4.88. The van der Waals surface area contributed by atoms with E-state index in [1.165, 1.54) is 25.9 Å². The zero-order chi connectivity index (χ0) is 45.1. The molecule has 20 heteroatoms. The predicted molar refractivity (Wildman–Crippen MR) is 219 cm³/mol. The molecule has 7 rings (SSSR count). The van der Waals surface area contributed by atoms with E-state index in [0.717, 1.165) is 6.42 Å². The highest BCUT2D eigenvalue weighted by atomic mass is 32.2. The molecule has 2 aromatic rings. The van der Waals surface area contributed by atoms with E-state index >= 15 is 0 Å². The van der Waals surface area contributed by atoms with E-state index in [2.05, 4.69) is 10.6 Å². The summed E-state index contributed by atoms with van der Waals surface area (Å²) in [6.07, 6.45) is -2.09. The SMILES string of the molecule is COc1ccc2nc3c(nc2c1)O[C@H]1CN(C(=O)[C@H](C(C)(C)C)NC(=O)O[C@@H]2CCN(C(C)=O)C2CCCCC3)[C@H](C(=O)N[C@]2(C(=O)NS(=O)(=O)C3(C)CC3)C[C@H]2C(F)F)[C@@H]1C. The minimum Gasteiger partial charge on any atom is -0.497 e. The van der Waals surface area contributed by atoms with E-state index in [1.807, 2.05) is 4.72 Å². The number of nitrogens with zero attached hydrogens (tertiary/aromatic N) is 4. The fraction of sp³-hybridized carbons (Fsp3) is 0.690. The number of alkyl halides is 2. The summed E-state index contributed by atoms with van der Waals surface area (Å²) in [5, 5.41) is 5.20. The molecule has 0 spiro atoms. The van der Waals surface area contributed by atoms with Crippen LogP contribution in [0.5, 0.6) is 11.6 Å². The van der Waals surface area contributed by atoms with Crippen LogP contribution in [0.25, 0.3) is 11.0 Å². The van der Waals surface area contributed by atoms with E-state index in [-0.39, 0.29) is 31.2 Å². The Morgan fingerprint density at radius 1 is 1.03 bits per heavy atom. The second-order valence-electron chi connectivity index (χ2n) is 18.8. The number of aromatic nitrogens is 2. The van der Waals surface area contributed by atoms with Gasteiger partial charge in [-0.3, -0.25) is 23.9 Å². The maximum Gasteiger partial charge on any atom is 0.408 e. The lowest BCUT2D eigenvalue weighted by atomic mass is 9.85. The number of hydrogen-bond acceptors (Lipinski definition) is 12. The first-order valence-corrected chi connectivity index (χ1v) is 22.8. The largest absolute Gasteiger partial charge is 0.497 e. The zero-order valence-corrected chi connectivity index (χ0v) is 37.0. The Bertz CT molecular complexity index is 2240. The standard InChI is InChI=1S/C42H57F2N7O10S/c1-22-31-21-51(32(22)35(53)48-42(20-25(42)34(43)44)38(55)49-62(57,58)41(6)16-17-41)37(54)33(40(3,4)5)47-39(56)61-30-15-18-50(23(2)52)29(30)12-10-8-9-11-27-36(60-31)46-28-19-24(59-7)13-14-26(28)45-27/h13-14,19,22,25,29-34H,8-12,15-18,20-21H2,1-7H3,(H,47,56)(H,48,53)(H,49,55)/t22-,25+,29?,30-,31+,32+,33-,42-/m1/s1. The monoisotopic (exact) mass is 889 g/mol. The molecule has 4 fully saturated rings. The van der Waals surface area contributed by atoms with Gasteiger partial charge in [-0.1, -0.05) is 40.5 Å². The van der Waals surface area contributed by atoms with Crippen LogP contribution < -0.4 is 24.8 Å². The maximum absolute atomic E-state index is 14.9. The van der Waals surface area contributed by atoms with Crippen molar-refractivity contribution in [2.45, 2.75) is 146 Å². The number of benzene rings is 1. The molecule has 62 heavy (non-hydrogen) atoms. The maximum atomic E-state index is 14.9. The van der Waals surface area contributed by atoms with Gasteiger partial charge in [0.05, 0.1) is 41.4 Å². The van der Waals surface area contributed by atoms with E-state index in [9.17, 15) is 41.2 Å². The Labute approximate surface area is 359 Å². The number of alkyl carbamates (subject to hydrolysis) is 1. The number of methoxy groups -OCH3 is 1. The number of likely N-dealkylation sites (tertiary alicyclic amines) is 1. The summed E-state index contributed by atoms with van der Waals surface area (Å²) in [4.78, 5) is 82.3. The van der Waals surface area contributed by atoms with Crippen LogP contribution in [-0.2, 0) is 40.4 Å². The lowest BCUT2D eigenvalue weighted by molar-refractivity contribution is -0.143. The van der Waals surface area contributed by atoms with Crippen molar-refractivity contribution in [3.8, 4) is 11.6 Å². The van der Waals surface area contributed by atoms with Crippen LogP contribution in [0.4, 0.5) is 13.6 Å². The van der Waals surface area contributed by atoms with Crippen LogP contribution in [0.2, 0.25) is 0 Å². The zero-order valence-electron chi connectivity index (χ0n) is 36.2. The molecule has 0 radical (unpaired) electrons. The van der Waals surface area contributed by atoms with Gasteiger partial charge in [0.25, 0.3) is 5.91 Å². The van der Waals surface area contributed by atoms with Gasteiger partial charge >= 0.3 is 6.09 Å². The van der Waals surface area contributed by atoms with Crippen LogP contribution in [0.15, 0.2) is 18.2 Å². The highest BCUT2D eigenvalue weighted by Crippen LogP contribution is 2.49. The molecule has 2 aliphatic carbocycles. The van der Waals surface area contributed by atoms with Crippen molar-refractivity contribution >= 4 is 50.8 Å². The van der Waals surface area contributed by atoms with Crippen LogP contribution in [0, 0.1) is 17.3 Å². The Morgan fingerprint density at radius 2 is 1.76 bits per heavy atom. The molecule has 1 unspecified atom stereocenters. The molecule has 5 amide bonds. The predicted octanol–water partition coefficient (Wildman–Crippen LogP) is 3.62.